The molecule has 2 N–H and O–H groups in total. The molecule has 0 spiro atoms. The Kier molecular flexibility index (Phi) is 5.71. The Morgan fingerprint density at radius 2 is 2.14 bits per heavy atom. The Balaban J connectivity index is 2.05. The van der Waals surface area contributed by atoms with Crippen LogP contribution >= 0.6 is 15.9 Å². The average molecular weight is 350 g/mol. The largest absolute Gasteiger partial charge is 0.383 e. The molecule has 0 atom stereocenters. The predicted octanol–water partition coefficient (Wildman–Crippen LogP) is 3.15. The van der Waals surface area contributed by atoms with Gasteiger partial charge in [0, 0.05) is 30.5 Å². The SMILES string of the molecule is COCCNc1cncc(C(=O)Nc2ccccc2Br)c1. The Bertz CT molecular complexity index is 619. The highest BCUT2D eigenvalue weighted by atomic mass is 79.9. The minimum absolute atomic E-state index is 0.204. The summed E-state index contributed by atoms with van der Waals surface area (Å²) in [7, 11) is 1.64. The molecule has 1 amide bonds. The third-order valence-corrected chi connectivity index (χ3v) is 3.45. The van der Waals surface area contributed by atoms with Crippen molar-refractivity contribution in [1.29, 1.82) is 0 Å². The molecule has 0 unspecified atom stereocenters. The van der Waals surface area contributed by atoms with Crippen LogP contribution < -0.4 is 10.6 Å². The summed E-state index contributed by atoms with van der Waals surface area (Å²) >= 11 is 3.40. The first-order valence-corrected chi connectivity index (χ1v) is 7.24. The van der Waals surface area contributed by atoms with Crippen LogP contribution in [0.4, 0.5) is 11.4 Å². The smallest absolute Gasteiger partial charge is 0.257 e. The molecule has 2 aromatic rings. The molecule has 0 bridgehead atoms. The number of ether oxygens (including phenoxy) is 1. The molecule has 0 fully saturated rings. The number of rotatable bonds is 6. The number of aromatic nitrogens is 1. The van der Waals surface area contributed by atoms with Crippen LogP contribution in [0.2, 0.25) is 0 Å². The van der Waals surface area contributed by atoms with Crippen molar-refractivity contribution in [3.05, 3.63) is 52.8 Å². The molecule has 1 aromatic heterocycles. The van der Waals surface area contributed by atoms with E-state index in [4.69, 9.17) is 4.74 Å². The Hall–Kier alpha value is -1.92. The number of pyridine rings is 1. The second kappa shape index (κ2) is 7.75. The third kappa shape index (κ3) is 4.54. The number of para-hydroxylation sites is 1. The topological polar surface area (TPSA) is 63.2 Å². The van der Waals surface area contributed by atoms with Gasteiger partial charge in [-0.05, 0) is 34.1 Å². The number of amides is 1. The van der Waals surface area contributed by atoms with E-state index in [9.17, 15) is 4.79 Å². The number of nitrogens with one attached hydrogen (secondary N) is 2. The standard InChI is InChI=1S/C15H16BrN3O2/c1-21-7-6-18-12-8-11(9-17-10-12)15(20)19-14-5-3-2-4-13(14)16/h2-5,8-10,18H,6-7H2,1H3,(H,19,20). The molecular weight excluding hydrogens is 334 g/mol. The first-order chi connectivity index (χ1) is 10.2. The number of nitrogens with zero attached hydrogens (tertiary/aromatic N) is 1. The van der Waals surface area contributed by atoms with Crippen molar-refractivity contribution in [3.8, 4) is 0 Å². The van der Waals surface area contributed by atoms with Crippen molar-refractivity contribution in [2.75, 3.05) is 30.9 Å². The summed E-state index contributed by atoms with van der Waals surface area (Å²) in [5.74, 6) is -0.204. The van der Waals surface area contributed by atoms with E-state index in [1.807, 2.05) is 24.3 Å². The molecule has 6 heteroatoms. The minimum atomic E-state index is -0.204. The maximum Gasteiger partial charge on any atom is 0.257 e. The summed E-state index contributed by atoms with van der Waals surface area (Å²) in [6, 6.07) is 9.21. The van der Waals surface area contributed by atoms with E-state index in [0.29, 0.717) is 18.7 Å². The van der Waals surface area contributed by atoms with Crippen molar-refractivity contribution in [2.45, 2.75) is 0 Å². The number of carbonyl (C=O) groups is 1. The number of hydrogen-bond acceptors (Lipinski definition) is 4. The van der Waals surface area contributed by atoms with Gasteiger partial charge in [0.2, 0.25) is 0 Å². The first kappa shape index (κ1) is 15.5. The Labute approximate surface area is 131 Å². The molecule has 2 rings (SSSR count). The summed E-state index contributed by atoms with van der Waals surface area (Å²) in [5, 5.41) is 5.98. The zero-order valence-electron chi connectivity index (χ0n) is 11.6. The number of anilines is 2. The zero-order valence-corrected chi connectivity index (χ0v) is 13.2. The fraction of sp³-hybridized carbons (Fsp3) is 0.200. The van der Waals surface area contributed by atoms with Crippen LogP contribution in [-0.2, 0) is 4.74 Å². The van der Waals surface area contributed by atoms with Crippen LogP contribution in [-0.4, -0.2) is 31.2 Å². The summed E-state index contributed by atoms with van der Waals surface area (Å²) in [6.07, 6.45) is 3.21. The maximum atomic E-state index is 12.2. The van der Waals surface area contributed by atoms with E-state index in [2.05, 4.69) is 31.5 Å². The van der Waals surface area contributed by atoms with E-state index in [-0.39, 0.29) is 5.91 Å². The second-order valence-corrected chi connectivity index (χ2v) is 5.17. The van der Waals surface area contributed by atoms with Gasteiger partial charge in [0.25, 0.3) is 5.91 Å². The van der Waals surface area contributed by atoms with Crippen molar-refractivity contribution in [1.82, 2.24) is 4.98 Å². The summed E-state index contributed by atoms with van der Waals surface area (Å²) in [4.78, 5) is 16.3. The van der Waals surface area contributed by atoms with Crippen LogP contribution in [0.5, 0.6) is 0 Å². The van der Waals surface area contributed by atoms with E-state index in [1.165, 1.54) is 6.20 Å². The van der Waals surface area contributed by atoms with Gasteiger partial charge in [-0.25, -0.2) is 0 Å². The number of methoxy groups -OCH3 is 1. The monoisotopic (exact) mass is 349 g/mol. The van der Waals surface area contributed by atoms with E-state index in [1.54, 1.807) is 19.4 Å². The van der Waals surface area contributed by atoms with Gasteiger partial charge in [0.15, 0.2) is 0 Å². The van der Waals surface area contributed by atoms with Crippen LogP contribution in [0.25, 0.3) is 0 Å². The lowest BCUT2D eigenvalue weighted by Crippen LogP contribution is -2.14. The van der Waals surface area contributed by atoms with Gasteiger partial charge < -0.3 is 15.4 Å². The van der Waals surface area contributed by atoms with Gasteiger partial charge in [-0.1, -0.05) is 12.1 Å². The highest BCUT2D eigenvalue weighted by Crippen LogP contribution is 2.22. The number of halogens is 1. The highest BCUT2D eigenvalue weighted by Gasteiger charge is 2.09. The molecule has 0 saturated heterocycles. The molecule has 0 aliphatic rings. The van der Waals surface area contributed by atoms with Gasteiger partial charge >= 0.3 is 0 Å². The van der Waals surface area contributed by atoms with Crippen LogP contribution in [0.1, 0.15) is 10.4 Å². The molecular formula is C15H16BrN3O2. The van der Waals surface area contributed by atoms with Crippen molar-refractivity contribution in [3.63, 3.8) is 0 Å². The molecule has 0 radical (unpaired) electrons. The van der Waals surface area contributed by atoms with Gasteiger partial charge in [-0.3, -0.25) is 9.78 Å². The molecule has 1 heterocycles. The van der Waals surface area contributed by atoms with E-state index >= 15 is 0 Å². The van der Waals surface area contributed by atoms with Gasteiger partial charge in [0.05, 0.1) is 23.5 Å². The maximum absolute atomic E-state index is 12.2. The predicted molar refractivity (Wildman–Crippen MR) is 86.7 cm³/mol. The lowest BCUT2D eigenvalue weighted by atomic mass is 10.2. The summed E-state index contributed by atoms with van der Waals surface area (Å²) in [6.45, 7) is 1.25. The first-order valence-electron chi connectivity index (χ1n) is 6.44. The van der Waals surface area contributed by atoms with Crippen LogP contribution in [0.15, 0.2) is 47.2 Å². The fourth-order valence-electron chi connectivity index (χ4n) is 1.72. The number of hydrogen-bond donors (Lipinski definition) is 2. The minimum Gasteiger partial charge on any atom is -0.383 e. The lowest BCUT2D eigenvalue weighted by Gasteiger charge is -2.09. The molecule has 5 nitrogen and oxygen atoms in total. The molecule has 1 aromatic carbocycles. The van der Waals surface area contributed by atoms with Gasteiger partial charge in [-0.15, -0.1) is 0 Å². The van der Waals surface area contributed by atoms with Crippen LogP contribution in [0, 0.1) is 0 Å². The van der Waals surface area contributed by atoms with Crippen molar-refractivity contribution < 1.29 is 9.53 Å². The number of carbonyl (C=O) groups excluding carboxylic acids is 1. The highest BCUT2D eigenvalue weighted by molar-refractivity contribution is 9.10. The van der Waals surface area contributed by atoms with Crippen LogP contribution in [0.3, 0.4) is 0 Å². The lowest BCUT2D eigenvalue weighted by molar-refractivity contribution is 0.102. The quantitative estimate of drug-likeness (QED) is 0.786. The zero-order chi connectivity index (χ0) is 15.1. The van der Waals surface area contributed by atoms with Crippen molar-refractivity contribution >= 4 is 33.2 Å². The normalized spacial score (nSPS) is 10.2. The Morgan fingerprint density at radius 1 is 1.33 bits per heavy atom. The second-order valence-electron chi connectivity index (χ2n) is 4.32. The van der Waals surface area contributed by atoms with E-state index in [0.717, 1.165) is 15.8 Å². The third-order valence-electron chi connectivity index (χ3n) is 2.76. The summed E-state index contributed by atoms with van der Waals surface area (Å²) < 4.78 is 5.80. The molecule has 110 valence electrons. The molecule has 0 aliphatic carbocycles. The van der Waals surface area contributed by atoms with Gasteiger partial charge in [-0.2, -0.15) is 0 Å². The average Bonchev–Trinajstić information content (AvgIpc) is 2.50. The summed E-state index contributed by atoms with van der Waals surface area (Å²) in [5.41, 5.74) is 2.00. The fourth-order valence-corrected chi connectivity index (χ4v) is 2.10. The molecule has 21 heavy (non-hydrogen) atoms. The van der Waals surface area contributed by atoms with Crippen molar-refractivity contribution in [2.24, 2.45) is 0 Å². The number of benzene rings is 1. The Morgan fingerprint density at radius 3 is 2.90 bits per heavy atom. The van der Waals surface area contributed by atoms with E-state index < -0.39 is 0 Å². The van der Waals surface area contributed by atoms with Gasteiger partial charge in [0.1, 0.15) is 0 Å². The molecule has 0 saturated carbocycles. The molecule has 0 aliphatic heterocycles.